The van der Waals surface area contributed by atoms with Gasteiger partial charge in [-0.3, -0.25) is 14.6 Å². The van der Waals surface area contributed by atoms with Crippen molar-refractivity contribution in [2.45, 2.75) is 26.8 Å². The fourth-order valence-corrected chi connectivity index (χ4v) is 1.79. The molecule has 2 aromatic rings. The molecule has 0 aromatic carbocycles. The van der Waals surface area contributed by atoms with Gasteiger partial charge in [-0.1, -0.05) is 0 Å². The molecule has 2 rings (SSSR count). The van der Waals surface area contributed by atoms with E-state index >= 15 is 0 Å². The second-order valence-electron chi connectivity index (χ2n) is 4.16. The number of carbonyl (C=O) groups is 1. The lowest BCUT2D eigenvalue weighted by Gasteiger charge is -2.03. The highest BCUT2D eigenvalue weighted by atomic mass is 16.1. The molecule has 18 heavy (non-hydrogen) atoms. The number of hydrogen-bond acceptors (Lipinski definition) is 4. The van der Waals surface area contributed by atoms with Crippen LogP contribution in [0, 0.1) is 13.8 Å². The number of aryl methyl sites for hydroxylation is 2. The van der Waals surface area contributed by atoms with E-state index in [-0.39, 0.29) is 5.91 Å². The van der Waals surface area contributed by atoms with Crippen molar-refractivity contribution in [2.24, 2.45) is 7.05 Å². The summed E-state index contributed by atoms with van der Waals surface area (Å²) in [7, 11) is 1.87. The first-order valence-electron chi connectivity index (χ1n) is 5.68. The molecule has 0 saturated heterocycles. The van der Waals surface area contributed by atoms with Crippen LogP contribution in [-0.4, -0.2) is 30.9 Å². The molecule has 7 nitrogen and oxygen atoms in total. The quantitative estimate of drug-likeness (QED) is 0.798. The molecule has 2 aromatic heterocycles. The Morgan fingerprint density at radius 1 is 1.50 bits per heavy atom. The van der Waals surface area contributed by atoms with Gasteiger partial charge in [0.05, 0.1) is 18.7 Å². The predicted octanol–water partition coefficient (Wildman–Crippen LogP) is 0.0139. The average Bonchev–Trinajstić information content (AvgIpc) is 2.92. The van der Waals surface area contributed by atoms with Gasteiger partial charge in [-0.15, -0.1) is 0 Å². The Bertz CT molecular complexity index is 542. The van der Waals surface area contributed by atoms with Crippen LogP contribution in [0.5, 0.6) is 0 Å². The lowest BCUT2D eigenvalue weighted by atomic mass is 10.1. The van der Waals surface area contributed by atoms with Crippen molar-refractivity contribution >= 4 is 5.91 Å². The molecule has 0 unspecified atom stereocenters. The molecule has 0 atom stereocenters. The van der Waals surface area contributed by atoms with Gasteiger partial charge in [-0.25, -0.2) is 4.98 Å². The highest BCUT2D eigenvalue weighted by Crippen LogP contribution is 2.12. The number of nitrogens with one attached hydrogen (secondary N) is 2. The molecule has 2 heterocycles. The molecule has 0 saturated carbocycles. The minimum absolute atomic E-state index is 0.0504. The number of aromatic amines is 1. The maximum atomic E-state index is 11.8. The summed E-state index contributed by atoms with van der Waals surface area (Å²) in [6.07, 6.45) is 1.75. The van der Waals surface area contributed by atoms with Crippen LogP contribution in [0.25, 0.3) is 0 Å². The Morgan fingerprint density at radius 2 is 2.28 bits per heavy atom. The summed E-state index contributed by atoms with van der Waals surface area (Å²) in [6.45, 7) is 4.22. The zero-order valence-corrected chi connectivity index (χ0v) is 10.7. The Labute approximate surface area is 105 Å². The van der Waals surface area contributed by atoms with Crippen LogP contribution in [0.1, 0.15) is 22.8 Å². The van der Waals surface area contributed by atoms with E-state index in [2.05, 4.69) is 25.6 Å². The van der Waals surface area contributed by atoms with Crippen LogP contribution in [0.3, 0.4) is 0 Å². The summed E-state index contributed by atoms with van der Waals surface area (Å²) in [5, 5.41) is 13.5. The molecule has 0 aliphatic rings. The molecule has 1 amide bonds. The Kier molecular flexibility index (Phi) is 3.40. The van der Waals surface area contributed by atoms with Crippen LogP contribution in [0.2, 0.25) is 0 Å². The first-order chi connectivity index (χ1) is 8.58. The molecular formula is C11H16N6O. The Hall–Kier alpha value is -2.18. The second-order valence-corrected chi connectivity index (χ2v) is 4.16. The molecule has 0 bridgehead atoms. The van der Waals surface area contributed by atoms with Crippen LogP contribution in [-0.2, 0) is 24.8 Å². The molecule has 0 spiro atoms. The number of aromatic nitrogens is 5. The predicted molar refractivity (Wildman–Crippen MR) is 64.6 cm³/mol. The van der Waals surface area contributed by atoms with Crippen molar-refractivity contribution < 1.29 is 4.79 Å². The maximum absolute atomic E-state index is 11.8. The summed E-state index contributed by atoms with van der Waals surface area (Å²) in [5.74, 6) is 0.591. The van der Waals surface area contributed by atoms with Crippen molar-refractivity contribution in [3.05, 3.63) is 29.1 Å². The third kappa shape index (κ3) is 2.55. The number of hydrogen-bond donors (Lipinski definition) is 2. The minimum Gasteiger partial charge on any atom is -0.349 e. The first-order valence-corrected chi connectivity index (χ1v) is 5.68. The topological polar surface area (TPSA) is 88.5 Å². The summed E-state index contributed by atoms with van der Waals surface area (Å²) in [4.78, 5) is 15.7. The zero-order valence-electron chi connectivity index (χ0n) is 10.7. The van der Waals surface area contributed by atoms with Crippen molar-refractivity contribution in [1.82, 2.24) is 30.3 Å². The van der Waals surface area contributed by atoms with Gasteiger partial charge in [0.25, 0.3) is 0 Å². The van der Waals surface area contributed by atoms with E-state index in [4.69, 9.17) is 0 Å². The van der Waals surface area contributed by atoms with Crippen molar-refractivity contribution in [3.8, 4) is 0 Å². The first kappa shape index (κ1) is 12.3. The highest BCUT2D eigenvalue weighted by Gasteiger charge is 2.13. The lowest BCUT2D eigenvalue weighted by Crippen LogP contribution is -2.25. The van der Waals surface area contributed by atoms with Gasteiger partial charge >= 0.3 is 0 Å². The summed E-state index contributed by atoms with van der Waals surface area (Å²) in [6, 6.07) is 0. The number of nitrogens with zero attached hydrogens (tertiary/aromatic N) is 4. The second kappa shape index (κ2) is 4.99. The summed E-state index contributed by atoms with van der Waals surface area (Å²) in [5.41, 5.74) is 2.89. The van der Waals surface area contributed by atoms with Crippen molar-refractivity contribution in [2.75, 3.05) is 0 Å². The number of carbonyl (C=O) groups excluding carboxylic acids is 1. The van der Waals surface area contributed by atoms with Crippen molar-refractivity contribution in [3.63, 3.8) is 0 Å². The van der Waals surface area contributed by atoms with E-state index in [9.17, 15) is 4.79 Å². The Balaban J connectivity index is 1.95. The highest BCUT2D eigenvalue weighted by molar-refractivity contribution is 5.79. The molecule has 0 aliphatic carbocycles. The van der Waals surface area contributed by atoms with E-state index in [0.29, 0.717) is 18.8 Å². The van der Waals surface area contributed by atoms with Crippen LogP contribution in [0.4, 0.5) is 0 Å². The van der Waals surface area contributed by atoms with E-state index < -0.39 is 0 Å². The Morgan fingerprint density at radius 3 is 2.83 bits per heavy atom. The van der Waals surface area contributed by atoms with E-state index in [1.165, 1.54) is 6.33 Å². The molecule has 7 heteroatoms. The third-order valence-electron chi connectivity index (χ3n) is 2.91. The van der Waals surface area contributed by atoms with Gasteiger partial charge in [0.1, 0.15) is 12.2 Å². The van der Waals surface area contributed by atoms with E-state index in [1.807, 2.05) is 20.9 Å². The van der Waals surface area contributed by atoms with Crippen LogP contribution >= 0.6 is 0 Å². The monoisotopic (exact) mass is 248 g/mol. The maximum Gasteiger partial charge on any atom is 0.224 e. The smallest absolute Gasteiger partial charge is 0.224 e. The standard InChI is InChI=1S/C11H16N6O/c1-7-9(8(2)17(3)16-7)4-11(18)12-5-10-13-6-14-15-10/h6H,4-5H2,1-3H3,(H,12,18)(H,13,14,15). The molecule has 0 fully saturated rings. The van der Waals surface area contributed by atoms with Gasteiger partial charge in [0.15, 0.2) is 0 Å². The fourth-order valence-electron chi connectivity index (χ4n) is 1.79. The number of H-pyrrole nitrogens is 1. The van der Waals surface area contributed by atoms with Gasteiger partial charge in [0.2, 0.25) is 5.91 Å². The third-order valence-corrected chi connectivity index (χ3v) is 2.91. The van der Waals surface area contributed by atoms with E-state index in [0.717, 1.165) is 17.0 Å². The van der Waals surface area contributed by atoms with Gasteiger partial charge < -0.3 is 5.32 Å². The molecule has 0 radical (unpaired) electrons. The molecule has 0 aliphatic heterocycles. The normalized spacial score (nSPS) is 10.6. The SMILES string of the molecule is Cc1nn(C)c(C)c1CC(=O)NCc1ncn[nH]1. The molecule has 2 N–H and O–H groups in total. The molecule has 96 valence electrons. The van der Waals surface area contributed by atoms with Crippen molar-refractivity contribution in [1.29, 1.82) is 0 Å². The minimum atomic E-state index is -0.0504. The summed E-state index contributed by atoms with van der Waals surface area (Å²) >= 11 is 0. The number of amides is 1. The largest absolute Gasteiger partial charge is 0.349 e. The number of rotatable bonds is 4. The van der Waals surface area contributed by atoms with Gasteiger partial charge in [0, 0.05) is 18.3 Å². The average molecular weight is 248 g/mol. The lowest BCUT2D eigenvalue weighted by molar-refractivity contribution is -0.120. The van der Waals surface area contributed by atoms with Gasteiger partial charge in [-0.2, -0.15) is 10.2 Å². The fraction of sp³-hybridized carbons (Fsp3) is 0.455. The zero-order chi connectivity index (χ0) is 13.1. The van der Waals surface area contributed by atoms with E-state index in [1.54, 1.807) is 4.68 Å². The summed E-state index contributed by atoms with van der Waals surface area (Å²) < 4.78 is 1.79. The molecular weight excluding hydrogens is 232 g/mol. The van der Waals surface area contributed by atoms with Crippen LogP contribution in [0.15, 0.2) is 6.33 Å². The van der Waals surface area contributed by atoms with Crippen LogP contribution < -0.4 is 5.32 Å². The van der Waals surface area contributed by atoms with Gasteiger partial charge in [-0.05, 0) is 13.8 Å².